The van der Waals surface area contributed by atoms with Crippen LogP contribution in [0, 0.1) is 6.92 Å². The van der Waals surface area contributed by atoms with Gasteiger partial charge in [-0.05, 0) is 61.1 Å². The smallest absolute Gasteiger partial charge is 0.244 e. The highest BCUT2D eigenvalue weighted by Crippen LogP contribution is 2.31. The van der Waals surface area contributed by atoms with E-state index in [1.165, 1.54) is 4.31 Å². The molecular formula is C21H23BrN2O3S. The molecule has 1 amide bonds. The topological polar surface area (TPSA) is 57.7 Å². The first-order chi connectivity index (χ1) is 13.4. The SMILES string of the molecule is Cc1cc(S(=O)(=O)N2Cc3ccccc3C[C@H]2C(=O)N2CCCC2)ccc1Br. The lowest BCUT2D eigenvalue weighted by Crippen LogP contribution is -2.53. The van der Waals surface area contributed by atoms with Gasteiger partial charge in [0.25, 0.3) is 0 Å². The zero-order valence-corrected chi connectivity index (χ0v) is 18.2. The molecule has 1 fully saturated rings. The second-order valence-corrected chi connectivity index (χ2v) is 10.2. The second kappa shape index (κ2) is 7.61. The summed E-state index contributed by atoms with van der Waals surface area (Å²) in [6.07, 6.45) is 2.38. The van der Waals surface area contributed by atoms with Gasteiger partial charge in [0.15, 0.2) is 0 Å². The normalized spacial score (nSPS) is 20.2. The van der Waals surface area contributed by atoms with Crippen molar-refractivity contribution in [2.75, 3.05) is 13.1 Å². The van der Waals surface area contributed by atoms with Crippen LogP contribution in [0.25, 0.3) is 0 Å². The van der Waals surface area contributed by atoms with Crippen molar-refractivity contribution in [3.63, 3.8) is 0 Å². The average molecular weight is 463 g/mol. The van der Waals surface area contributed by atoms with E-state index in [2.05, 4.69) is 15.9 Å². The van der Waals surface area contributed by atoms with Crippen LogP contribution in [0.5, 0.6) is 0 Å². The van der Waals surface area contributed by atoms with Gasteiger partial charge in [-0.3, -0.25) is 4.79 Å². The van der Waals surface area contributed by atoms with Crippen molar-refractivity contribution in [2.24, 2.45) is 0 Å². The summed E-state index contributed by atoms with van der Waals surface area (Å²) in [6.45, 7) is 3.50. The first-order valence-electron chi connectivity index (χ1n) is 9.51. The summed E-state index contributed by atoms with van der Waals surface area (Å²) in [4.78, 5) is 15.3. The second-order valence-electron chi connectivity index (χ2n) is 7.48. The maximum Gasteiger partial charge on any atom is 0.244 e. The molecule has 2 aliphatic heterocycles. The van der Waals surface area contributed by atoms with E-state index in [4.69, 9.17) is 0 Å². The number of amides is 1. The van der Waals surface area contributed by atoms with Gasteiger partial charge >= 0.3 is 0 Å². The number of benzene rings is 2. The van der Waals surface area contributed by atoms with Gasteiger partial charge in [0.05, 0.1) is 4.90 Å². The molecule has 4 rings (SSSR count). The minimum absolute atomic E-state index is 0.0792. The number of halogens is 1. The molecule has 0 aliphatic carbocycles. The molecule has 0 saturated carbocycles. The Morgan fingerprint density at radius 3 is 2.43 bits per heavy atom. The van der Waals surface area contributed by atoms with Crippen LogP contribution in [0.4, 0.5) is 0 Å². The Kier molecular flexibility index (Phi) is 5.33. The Balaban J connectivity index is 1.76. The lowest BCUT2D eigenvalue weighted by atomic mass is 9.95. The predicted octanol–water partition coefficient (Wildman–Crippen LogP) is 3.50. The summed E-state index contributed by atoms with van der Waals surface area (Å²) in [5.41, 5.74) is 2.87. The highest BCUT2D eigenvalue weighted by molar-refractivity contribution is 9.10. The first-order valence-corrected chi connectivity index (χ1v) is 11.7. The molecule has 2 aromatic rings. The van der Waals surface area contributed by atoms with Gasteiger partial charge in [-0.1, -0.05) is 40.2 Å². The van der Waals surface area contributed by atoms with Gasteiger partial charge in [-0.2, -0.15) is 4.31 Å². The highest BCUT2D eigenvalue weighted by Gasteiger charge is 2.41. The average Bonchev–Trinajstić information content (AvgIpc) is 3.23. The van der Waals surface area contributed by atoms with Gasteiger partial charge in [0.1, 0.15) is 6.04 Å². The Morgan fingerprint density at radius 1 is 1.07 bits per heavy atom. The third-order valence-electron chi connectivity index (χ3n) is 5.64. The molecular weight excluding hydrogens is 440 g/mol. The molecule has 0 aromatic heterocycles. The third-order valence-corrected chi connectivity index (χ3v) is 8.38. The van der Waals surface area contributed by atoms with E-state index in [9.17, 15) is 13.2 Å². The number of fused-ring (bicyclic) bond motifs is 1. The van der Waals surface area contributed by atoms with Gasteiger partial charge in [-0.15, -0.1) is 0 Å². The molecule has 2 heterocycles. The third kappa shape index (κ3) is 3.51. The molecule has 0 radical (unpaired) electrons. The minimum Gasteiger partial charge on any atom is -0.341 e. The fraction of sp³-hybridized carbons (Fsp3) is 0.381. The van der Waals surface area contributed by atoms with Crippen molar-refractivity contribution < 1.29 is 13.2 Å². The van der Waals surface area contributed by atoms with E-state index in [1.54, 1.807) is 18.2 Å². The van der Waals surface area contributed by atoms with Crippen molar-refractivity contribution in [1.29, 1.82) is 0 Å². The molecule has 0 N–H and O–H groups in total. The number of aryl methyl sites for hydroxylation is 1. The van der Waals surface area contributed by atoms with Crippen LogP contribution in [0.15, 0.2) is 51.8 Å². The standard InChI is InChI=1S/C21H23BrN2O3S/c1-15-12-18(8-9-19(15)22)28(26,27)24-14-17-7-3-2-6-16(17)13-20(24)21(25)23-10-4-5-11-23/h2-3,6-9,12,20H,4-5,10-11,13-14H2,1H3/t20-/m0/s1. The predicted molar refractivity (Wildman–Crippen MR) is 111 cm³/mol. The van der Waals surface area contributed by atoms with Crippen molar-refractivity contribution in [1.82, 2.24) is 9.21 Å². The zero-order chi connectivity index (χ0) is 19.9. The monoisotopic (exact) mass is 462 g/mol. The Morgan fingerprint density at radius 2 is 1.75 bits per heavy atom. The quantitative estimate of drug-likeness (QED) is 0.701. The summed E-state index contributed by atoms with van der Waals surface area (Å²) < 4.78 is 29.3. The van der Waals surface area contributed by atoms with E-state index in [0.29, 0.717) is 19.5 Å². The fourth-order valence-electron chi connectivity index (χ4n) is 4.02. The number of carbonyl (C=O) groups is 1. The van der Waals surface area contributed by atoms with Gasteiger partial charge in [-0.25, -0.2) is 8.42 Å². The van der Waals surface area contributed by atoms with Crippen LogP contribution < -0.4 is 0 Å². The van der Waals surface area contributed by atoms with Crippen molar-refractivity contribution in [2.45, 2.75) is 43.7 Å². The number of sulfonamides is 1. The first kappa shape index (κ1) is 19.6. The fourth-order valence-corrected chi connectivity index (χ4v) is 5.92. The van der Waals surface area contributed by atoms with E-state index in [-0.39, 0.29) is 17.3 Å². The maximum atomic E-state index is 13.5. The molecule has 5 nitrogen and oxygen atoms in total. The van der Waals surface area contributed by atoms with Crippen LogP contribution in [0.1, 0.15) is 29.5 Å². The minimum atomic E-state index is -3.80. The highest BCUT2D eigenvalue weighted by atomic mass is 79.9. The zero-order valence-electron chi connectivity index (χ0n) is 15.8. The molecule has 0 spiro atoms. The number of hydrogen-bond donors (Lipinski definition) is 0. The Bertz CT molecular complexity index is 1020. The van der Waals surface area contributed by atoms with Crippen molar-refractivity contribution in [3.8, 4) is 0 Å². The van der Waals surface area contributed by atoms with Crippen LogP contribution in [0.2, 0.25) is 0 Å². The van der Waals surface area contributed by atoms with E-state index < -0.39 is 16.1 Å². The summed E-state index contributed by atoms with van der Waals surface area (Å²) in [5.74, 6) is -0.0792. The lowest BCUT2D eigenvalue weighted by molar-refractivity contribution is -0.134. The maximum absolute atomic E-state index is 13.5. The number of carbonyl (C=O) groups excluding carboxylic acids is 1. The molecule has 28 heavy (non-hydrogen) atoms. The largest absolute Gasteiger partial charge is 0.341 e. The van der Waals surface area contributed by atoms with E-state index >= 15 is 0 Å². The summed E-state index contributed by atoms with van der Waals surface area (Å²) >= 11 is 3.42. The van der Waals surface area contributed by atoms with E-state index in [1.807, 2.05) is 36.1 Å². The van der Waals surface area contributed by atoms with Gasteiger partial charge in [0.2, 0.25) is 15.9 Å². The number of hydrogen-bond acceptors (Lipinski definition) is 3. The molecule has 2 aliphatic rings. The summed E-state index contributed by atoms with van der Waals surface area (Å²) in [6, 6.07) is 12.1. The Hall–Kier alpha value is -1.70. The van der Waals surface area contributed by atoms with Crippen molar-refractivity contribution >= 4 is 31.9 Å². The summed E-state index contributed by atoms with van der Waals surface area (Å²) in [5, 5.41) is 0. The van der Waals surface area contributed by atoms with E-state index in [0.717, 1.165) is 34.0 Å². The molecule has 1 atom stereocenters. The number of likely N-dealkylation sites (tertiary alicyclic amines) is 1. The van der Waals surface area contributed by atoms with Crippen molar-refractivity contribution in [3.05, 3.63) is 63.6 Å². The van der Waals surface area contributed by atoms with Crippen LogP contribution in [0.3, 0.4) is 0 Å². The molecule has 148 valence electrons. The molecule has 0 bridgehead atoms. The molecule has 2 aromatic carbocycles. The lowest BCUT2D eigenvalue weighted by Gasteiger charge is -2.37. The Labute approximate surface area is 174 Å². The van der Waals surface area contributed by atoms with Gasteiger partial charge < -0.3 is 4.90 Å². The number of nitrogens with zero attached hydrogens (tertiary/aromatic N) is 2. The van der Waals surface area contributed by atoms with Gasteiger partial charge in [0, 0.05) is 24.1 Å². The molecule has 7 heteroatoms. The summed E-state index contributed by atoms with van der Waals surface area (Å²) in [7, 11) is -3.80. The molecule has 0 unspecified atom stereocenters. The number of rotatable bonds is 3. The van der Waals surface area contributed by atoms with Crippen LogP contribution in [-0.2, 0) is 27.8 Å². The van der Waals surface area contributed by atoms with Crippen LogP contribution >= 0.6 is 15.9 Å². The molecule has 1 saturated heterocycles. The van der Waals surface area contributed by atoms with Crippen LogP contribution in [-0.4, -0.2) is 42.7 Å².